The first kappa shape index (κ1) is 13.2. The van der Waals surface area contributed by atoms with Crippen LogP contribution >= 0.6 is 15.9 Å². The van der Waals surface area contributed by atoms with Crippen LogP contribution in [0.1, 0.15) is 20.7 Å². The van der Waals surface area contributed by atoms with E-state index in [2.05, 4.69) is 21.2 Å². The normalized spacial score (nSPS) is 9.71. The lowest BCUT2D eigenvalue weighted by molar-refractivity contribution is -0.113. The minimum atomic E-state index is -0.706. The van der Waals surface area contributed by atoms with Gasteiger partial charge in [-0.3, -0.25) is 14.4 Å². The first-order chi connectivity index (χ1) is 7.93. The molecule has 0 aliphatic rings. The molecule has 0 atom stereocenters. The van der Waals surface area contributed by atoms with E-state index in [1.807, 2.05) is 0 Å². The standard InChI is InChI=1S/C10H10BrN3O3/c11-4-8(15)14-7-2-5(9(12)16)1-6(3-7)10(13)17/h1-3H,4H2,(H2,12,16)(H2,13,17)(H,14,15). The molecule has 6 nitrogen and oxygen atoms in total. The van der Waals surface area contributed by atoms with Crippen molar-refractivity contribution in [3.05, 3.63) is 29.3 Å². The van der Waals surface area contributed by atoms with E-state index in [4.69, 9.17) is 11.5 Å². The summed E-state index contributed by atoms with van der Waals surface area (Å²) < 4.78 is 0. The van der Waals surface area contributed by atoms with Crippen molar-refractivity contribution < 1.29 is 14.4 Å². The molecular formula is C10H10BrN3O3. The Kier molecular flexibility index (Phi) is 4.22. The zero-order chi connectivity index (χ0) is 13.0. The molecule has 1 aromatic rings. The summed E-state index contributed by atoms with van der Waals surface area (Å²) in [5.41, 5.74) is 10.7. The predicted octanol–water partition coefficient (Wildman–Crippen LogP) is 0.218. The molecule has 90 valence electrons. The molecule has 0 fully saturated rings. The number of anilines is 1. The number of hydrogen-bond acceptors (Lipinski definition) is 3. The number of rotatable bonds is 4. The molecule has 0 aromatic heterocycles. The average Bonchev–Trinajstić information content (AvgIpc) is 2.28. The maximum atomic E-state index is 11.2. The Bertz CT molecular complexity index is 455. The van der Waals surface area contributed by atoms with Gasteiger partial charge in [0.1, 0.15) is 0 Å². The van der Waals surface area contributed by atoms with E-state index >= 15 is 0 Å². The second-order valence-electron chi connectivity index (χ2n) is 3.21. The molecule has 1 aromatic carbocycles. The van der Waals surface area contributed by atoms with Gasteiger partial charge in [0, 0.05) is 16.8 Å². The van der Waals surface area contributed by atoms with Crippen LogP contribution in [0.4, 0.5) is 5.69 Å². The van der Waals surface area contributed by atoms with E-state index in [1.165, 1.54) is 18.2 Å². The predicted molar refractivity (Wildman–Crippen MR) is 65.9 cm³/mol. The summed E-state index contributed by atoms with van der Waals surface area (Å²) >= 11 is 2.97. The van der Waals surface area contributed by atoms with Gasteiger partial charge < -0.3 is 16.8 Å². The summed E-state index contributed by atoms with van der Waals surface area (Å²) in [6.07, 6.45) is 0. The lowest BCUT2D eigenvalue weighted by Crippen LogP contribution is -2.18. The molecule has 0 bridgehead atoms. The fourth-order valence-corrected chi connectivity index (χ4v) is 1.32. The number of carbonyl (C=O) groups excluding carboxylic acids is 3. The second kappa shape index (κ2) is 5.44. The molecule has 0 heterocycles. The van der Waals surface area contributed by atoms with E-state index in [0.717, 1.165) is 0 Å². The molecule has 0 aliphatic heterocycles. The highest BCUT2D eigenvalue weighted by molar-refractivity contribution is 9.09. The van der Waals surface area contributed by atoms with E-state index in [0.29, 0.717) is 5.69 Å². The molecule has 0 saturated carbocycles. The highest BCUT2D eigenvalue weighted by Crippen LogP contribution is 2.15. The van der Waals surface area contributed by atoms with Crippen LogP contribution in [0.25, 0.3) is 0 Å². The molecule has 0 radical (unpaired) electrons. The molecule has 0 aliphatic carbocycles. The van der Waals surface area contributed by atoms with Crippen LogP contribution in [0.5, 0.6) is 0 Å². The van der Waals surface area contributed by atoms with Gasteiger partial charge in [-0.25, -0.2) is 0 Å². The van der Waals surface area contributed by atoms with Gasteiger partial charge in [0.05, 0.1) is 5.33 Å². The number of carbonyl (C=O) groups is 3. The van der Waals surface area contributed by atoms with Gasteiger partial charge in [-0.05, 0) is 18.2 Å². The van der Waals surface area contributed by atoms with Crippen molar-refractivity contribution in [1.29, 1.82) is 0 Å². The third-order valence-corrected chi connectivity index (χ3v) is 2.42. The Morgan fingerprint density at radius 2 is 1.53 bits per heavy atom. The third kappa shape index (κ3) is 3.56. The van der Waals surface area contributed by atoms with Crippen molar-refractivity contribution in [3.8, 4) is 0 Å². The zero-order valence-corrected chi connectivity index (χ0v) is 10.3. The number of halogens is 1. The molecule has 0 spiro atoms. The van der Waals surface area contributed by atoms with Crippen LogP contribution in [0, 0.1) is 0 Å². The molecule has 7 heteroatoms. The van der Waals surface area contributed by atoms with Gasteiger partial charge >= 0.3 is 0 Å². The molecule has 1 rings (SSSR count). The second-order valence-corrected chi connectivity index (χ2v) is 3.77. The number of hydrogen-bond donors (Lipinski definition) is 3. The fraction of sp³-hybridized carbons (Fsp3) is 0.100. The van der Waals surface area contributed by atoms with Crippen molar-refractivity contribution in [1.82, 2.24) is 0 Å². The largest absolute Gasteiger partial charge is 0.366 e. The van der Waals surface area contributed by atoms with E-state index < -0.39 is 11.8 Å². The summed E-state index contributed by atoms with van der Waals surface area (Å²) in [7, 11) is 0. The van der Waals surface area contributed by atoms with Gasteiger partial charge in [-0.1, -0.05) is 15.9 Å². The number of amides is 3. The van der Waals surface area contributed by atoms with Crippen molar-refractivity contribution in [3.63, 3.8) is 0 Å². The third-order valence-electron chi connectivity index (χ3n) is 1.91. The number of primary amides is 2. The Labute approximate surface area is 105 Å². The van der Waals surface area contributed by atoms with Crippen LogP contribution < -0.4 is 16.8 Å². The smallest absolute Gasteiger partial charge is 0.248 e. The van der Waals surface area contributed by atoms with Crippen LogP contribution in [-0.2, 0) is 4.79 Å². The summed E-state index contributed by atoms with van der Waals surface area (Å²) in [6.45, 7) is 0. The van der Waals surface area contributed by atoms with E-state index in [9.17, 15) is 14.4 Å². The van der Waals surface area contributed by atoms with E-state index in [1.54, 1.807) is 0 Å². The fourth-order valence-electron chi connectivity index (χ4n) is 1.18. The van der Waals surface area contributed by atoms with Crippen LogP contribution in [-0.4, -0.2) is 23.1 Å². The van der Waals surface area contributed by atoms with Crippen molar-refractivity contribution in [2.45, 2.75) is 0 Å². The van der Waals surface area contributed by atoms with Crippen LogP contribution in [0.2, 0.25) is 0 Å². The summed E-state index contributed by atoms with van der Waals surface area (Å²) in [5, 5.41) is 2.58. The van der Waals surface area contributed by atoms with Crippen molar-refractivity contribution >= 4 is 39.3 Å². The Balaban J connectivity index is 3.16. The van der Waals surface area contributed by atoms with Gasteiger partial charge in [-0.2, -0.15) is 0 Å². The quantitative estimate of drug-likeness (QED) is 0.691. The van der Waals surface area contributed by atoms with Crippen LogP contribution in [0.3, 0.4) is 0 Å². The molecule has 0 unspecified atom stereocenters. The maximum absolute atomic E-state index is 11.2. The topological polar surface area (TPSA) is 115 Å². The molecule has 0 saturated heterocycles. The van der Waals surface area contributed by atoms with Gasteiger partial charge in [-0.15, -0.1) is 0 Å². The van der Waals surface area contributed by atoms with Crippen molar-refractivity contribution in [2.75, 3.05) is 10.6 Å². The van der Waals surface area contributed by atoms with Gasteiger partial charge in [0.2, 0.25) is 17.7 Å². The van der Waals surface area contributed by atoms with Gasteiger partial charge in [0.15, 0.2) is 0 Å². The summed E-state index contributed by atoms with van der Waals surface area (Å²) in [4.78, 5) is 33.2. The van der Waals surface area contributed by atoms with Crippen LogP contribution in [0.15, 0.2) is 18.2 Å². The Hall–Kier alpha value is -1.89. The SMILES string of the molecule is NC(=O)c1cc(NC(=O)CBr)cc(C(N)=O)c1. The number of nitrogens with two attached hydrogens (primary N) is 2. The summed E-state index contributed by atoms with van der Waals surface area (Å²) in [6, 6.07) is 4.01. The summed E-state index contributed by atoms with van der Waals surface area (Å²) in [5.74, 6) is -1.73. The molecule has 17 heavy (non-hydrogen) atoms. The lowest BCUT2D eigenvalue weighted by atomic mass is 10.1. The number of benzene rings is 1. The highest BCUT2D eigenvalue weighted by atomic mass is 79.9. The van der Waals surface area contributed by atoms with Crippen molar-refractivity contribution in [2.24, 2.45) is 11.5 Å². The monoisotopic (exact) mass is 299 g/mol. The first-order valence-corrected chi connectivity index (χ1v) is 5.66. The Morgan fingerprint density at radius 1 is 1.06 bits per heavy atom. The first-order valence-electron chi connectivity index (χ1n) is 4.54. The van der Waals surface area contributed by atoms with Gasteiger partial charge in [0.25, 0.3) is 0 Å². The minimum absolute atomic E-state index is 0.0969. The average molecular weight is 300 g/mol. The number of nitrogens with one attached hydrogen (secondary N) is 1. The highest BCUT2D eigenvalue weighted by Gasteiger charge is 2.10. The molecule has 5 N–H and O–H groups in total. The number of alkyl halides is 1. The van der Waals surface area contributed by atoms with E-state index in [-0.39, 0.29) is 22.4 Å². The Morgan fingerprint density at radius 3 is 1.88 bits per heavy atom. The molecule has 3 amide bonds. The minimum Gasteiger partial charge on any atom is -0.366 e. The maximum Gasteiger partial charge on any atom is 0.248 e. The molecular weight excluding hydrogens is 290 g/mol. The zero-order valence-electron chi connectivity index (χ0n) is 8.70. The lowest BCUT2D eigenvalue weighted by Gasteiger charge is -2.07.